The summed E-state index contributed by atoms with van der Waals surface area (Å²) in [4.78, 5) is 22.0. The van der Waals surface area contributed by atoms with E-state index in [2.05, 4.69) is 10.6 Å². The van der Waals surface area contributed by atoms with Gasteiger partial charge in [-0.2, -0.15) is 0 Å². The number of primary amides is 1. The lowest BCUT2D eigenvalue weighted by Gasteiger charge is -2.22. The highest BCUT2D eigenvalue weighted by Gasteiger charge is 2.20. The normalized spacial score (nSPS) is 20.4. The lowest BCUT2D eigenvalue weighted by molar-refractivity contribution is -0.125. The summed E-state index contributed by atoms with van der Waals surface area (Å²) in [5, 5.41) is 5.86. The van der Waals surface area contributed by atoms with Gasteiger partial charge in [-0.15, -0.1) is 0 Å². The molecule has 1 atom stereocenters. The average molecular weight is 229 g/mol. The highest BCUT2D eigenvalue weighted by Crippen LogP contribution is 1.95. The number of ether oxygens (including phenoxy) is 1. The van der Waals surface area contributed by atoms with Crippen LogP contribution in [0, 0.1) is 0 Å². The second-order valence-electron chi connectivity index (χ2n) is 3.80. The first-order valence-corrected chi connectivity index (χ1v) is 5.57. The van der Waals surface area contributed by atoms with Gasteiger partial charge < -0.3 is 21.1 Å². The van der Waals surface area contributed by atoms with E-state index in [4.69, 9.17) is 10.5 Å². The van der Waals surface area contributed by atoms with Crippen molar-refractivity contribution in [3.63, 3.8) is 0 Å². The van der Waals surface area contributed by atoms with E-state index in [1.54, 1.807) is 0 Å². The minimum Gasteiger partial charge on any atom is -0.378 e. The Morgan fingerprint density at radius 1 is 1.44 bits per heavy atom. The summed E-state index contributed by atoms with van der Waals surface area (Å²) < 4.78 is 5.18. The quantitative estimate of drug-likeness (QED) is 0.496. The Kier molecular flexibility index (Phi) is 5.81. The molecule has 0 saturated carbocycles. The van der Waals surface area contributed by atoms with Crippen molar-refractivity contribution in [2.45, 2.75) is 25.3 Å². The summed E-state index contributed by atoms with van der Waals surface area (Å²) in [6.07, 6.45) is 1.85. The van der Waals surface area contributed by atoms with E-state index < -0.39 is 0 Å². The number of nitrogens with two attached hydrogens (primary N) is 1. The van der Waals surface area contributed by atoms with Gasteiger partial charge in [-0.05, 0) is 12.8 Å². The molecular formula is C10H19N3O3. The summed E-state index contributed by atoms with van der Waals surface area (Å²) in [6.45, 7) is 2.36. The summed E-state index contributed by atoms with van der Waals surface area (Å²) in [7, 11) is 0. The molecule has 4 N–H and O–H groups in total. The van der Waals surface area contributed by atoms with Crippen molar-refractivity contribution < 1.29 is 14.3 Å². The van der Waals surface area contributed by atoms with Crippen molar-refractivity contribution in [1.82, 2.24) is 10.6 Å². The van der Waals surface area contributed by atoms with Crippen molar-refractivity contribution in [3.05, 3.63) is 0 Å². The van der Waals surface area contributed by atoms with Crippen LogP contribution in [0.15, 0.2) is 0 Å². The third kappa shape index (κ3) is 5.09. The van der Waals surface area contributed by atoms with Crippen LogP contribution in [0.25, 0.3) is 0 Å². The van der Waals surface area contributed by atoms with Crippen LogP contribution in [0.5, 0.6) is 0 Å². The van der Waals surface area contributed by atoms with Crippen molar-refractivity contribution >= 4 is 11.8 Å². The molecule has 92 valence electrons. The minimum absolute atomic E-state index is 0.0428. The van der Waals surface area contributed by atoms with Gasteiger partial charge in [0.2, 0.25) is 11.8 Å². The Balaban J connectivity index is 2.03. The standard InChI is InChI=1S/C10H19N3O3/c11-9(14)3-1-2-4-13-10(15)8-7-16-6-5-12-8/h8,12H,1-7H2,(H2,11,14)(H,13,15). The summed E-state index contributed by atoms with van der Waals surface area (Å²) in [5.41, 5.74) is 5.00. The maximum absolute atomic E-state index is 11.5. The molecule has 1 heterocycles. The number of carbonyl (C=O) groups excluding carboxylic acids is 2. The molecule has 2 amide bonds. The maximum atomic E-state index is 11.5. The largest absolute Gasteiger partial charge is 0.378 e. The van der Waals surface area contributed by atoms with E-state index >= 15 is 0 Å². The first kappa shape index (κ1) is 12.9. The fourth-order valence-corrected chi connectivity index (χ4v) is 1.49. The Bertz CT molecular complexity index is 239. The molecule has 0 radical (unpaired) electrons. The highest BCUT2D eigenvalue weighted by atomic mass is 16.5. The van der Waals surface area contributed by atoms with Crippen LogP contribution in [-0.2, 0) is 14.3 Å². The highest BCUT2D eigenvalue weighted by molar-refractivity contribution is 5.81. The van der Waals surface area contributed by atoms with E-state index in [-0.39, 0.29) is 17.9 Å². The van der Waals surface area contributed by atoms with Gasteiger partial charge in [0.15, 0.2) is 0 Å². The van der Waals surface area contributed by atoms with E-state index in [1.807, 2.05) is 0 Å². The van der Waals surface area contributed by atoms with Gasteiger partial charge in [-0.1, -0.05) is 0 Å². The lowest BCUT2D eigenvalue weighted by Crippen LogP contribution is -2.51. The zero-order chi connectivity index (χ0) is 11.8. The van der Waals surface area contributed by atoms with Crippen LogP contribution in [0.3, 0.4) is 0 Å². The van der Waals surface area contributed by atoms with Crippen molar-refractivity contribution in [2.75, 3.05) is 26.3 Å². The van der Waals surface area contributed by atoms with Crippen LogP contribution in [0.2, 0.25) is 0 Å². The molecule has 0 aliphatic carbocycles. The Morgan fingerprint density at radius 2 is 2.25 bits per heavy atom. The van der Waals surface area contributed by atoms with Crippen LogP contribution in [0.1, 0.15) is 19.3 Å². The predicted octanol–water partition coefficient (Wildman–Crippen LogP) is -1.25. The molecule has 0 aromatic carbocycles. The summed E-state index contributed by atoms with van der Waals surface area (Å²) >= 11 is 0. The second kappa shape index (κ2) is 7.19. The first-order chi connectivity index (χ1) is 7.70. The minimum atomic E-state index is -0.298. The number of nitrogens with one attached hydrogen (secondary N) is 2. The maximum Gasteiger partial charge on any atom is 0.239 e. The number of rotatable bonds is 6. The van der Waals surface area contributed by atoms with E-state index in [0.717, 1.165) is 6.42 Å². The Hall–Kier alpha value is -1.14. The van der Waals surface area contributed by atoms with Crippen molar-refractivity contribution in [3.8, 4) is 0 Å². The monoisotopic (exact) mass is 229 g/mol. The van der Waals surface area contributed by atoms with Gasteiger partial charge >= 0.3 is 0 Å². The molecule has 16 heavy (non-hydrogen) atoms. The number of amides is 2. The van der Waals surface area contributed by atoms with Crippen LogP contribution in [0.4, 0.5) is 0 Å². The average Bonchev–Trinajstić information content (AvgIpc) is 2.29. The fourth-order valence-electron chi connectivity index (χ4n) is 1.49. The molecule has 1 aliphatic rings. The molecule has 1 fully saturated rings. The molecule has 0 aromatic heterocycles. The summed E-state index contributed by atoms with van der Waals surface area (Å²) in [6, 6.07) is -0.245. The molecule has 6 heteroatoms. The molecule has 0 aromatic rings. The number of hydrogen-bond acceptors (Lipinski definition) is 4. The molecule has 1 rings (SSSR count). The van der Waals surface area contributed by atoms with E-state index in [0.29, 0.717) is 39.1 Å². The van der Waals surface area contributed by atoms with Crippen molar-refractivity contribution in [1.29, 1.82) is 0 Å². The van der Waals surface area contributed by atoms with Gasteiger partial charge in [0, 0.05) is 19.5 Å². The molecule has 6 nitrogen and oxygen atoms in total. The third-order valence-corrected chi connectivity index (χ3v) is 2.39. The van der Waals surface area contributed by atoms with Gasteiger partial charge in [0.1, 0.15) is 6.04 Å². The fraction of sp³-hybridized carbons (Fsp3) is 0.800. The topological polar surface area (TPSA) is 93.5 Å². The SMILES string of the molecule is NC(=O)CCCCNC(=O)C1COCCN1. The molecule has 1 aliphatic heterocycles. The number of morpholine rings is 1. The zero-order valence-electron chi connectivity index (χ0n) is 9.33. The second-order valence-corrected chi connectivity index (χ2v) is 3.80. The number of unbranched alkanes of at least 4 members (excludes halogenated alkanes) is 1. The molecule has 0 spiro atoms. The van der Waals surface area contributed by atoms with Gasteiger partial charge in [0.05, 0.1) is 13.2 Å². The van der Waals surface area contributed by atoms with Gasteiger partial charge in [0.25, 0.3) is 0 Å². The Labute approximate surface area is 94.9 Å². The van der Waals surface area contributed by atoms with E-state index in [1.165, 1.54) is 0 Å². The van der Waals surface area contributed by atoms with Gasteiger partial charge in [-0.3, -0.25) is 9.59 Å². The van der Waals surface area contributed by atoms with E-state index in [9.17, 15) is 9.59 Å². The van der Waals surface area contributed by atoms with Crippen LogP contribution < -0.4 is 16.4 Å². The number of carbonyl (C=O) groups is 2. The molecular weight excluding hydrogens is 210 g/mol. The predicted molar refractivity (Wildman–Crippen MR) is 58.7 cm³/mol. The van der Waals surface area contributed by atoms with Gasteiger partial charge in [-0.25, -0.2) is 0 Å². The van der Waals surface area contributed by atoms with Crippen LogP contribution in [-0.4, -0.2) is 44.2 Å². The smallest absolute Gasteiger partial charge is 0.239 e. The summed E-state index contributed by atoms with van der Waals surface area (Å²) in [5.74, 6) is -0.340. The molecule has 1 unspecified atom stereocenters. The molecule has 1 saturated heterocycles. The van der Waals surface area contributed by atoms with Crippen LogP contribution >= 0.6 is 0 Å². The zero-order valence-corrected chi connectivity index (χ0v) is 9.33. The first-order valence-electron chi connectivity index (χ1n) is 5.57. The Morgan fingerprint density at radius 3 is 2.88 bits per heavy atom. The van der Waals surface area contributed by atoms with Crippen molar-refractivity contribution in [2.24, 2.45) is 5.73 Å². The number of hydrogen-bond donors (Lipinski definition) is 3. The molecule has 0 bridgehead atoms. The lowest BCUT2D eigenvalue weighted by atomic mass is 10.2. The third-order valence-electron chi connectivity index (χ3n) is 2.39.